The number of carbonyl (C=O) groups excluding carboxylic acids is 1. The molecule has 14 heavy (non-hydrogen) atoms. The molecule has 0 aromatic heterocycles. The van der Waals surface area contributed by atoms with E-state index in [1.54, 1.807) is 19.1 Å². The van der Waals surface area contributed by atoms with Gasteiger partial charge in [-0.2, -0.15) is 0 Å². The Morgan fingerprint density at radius 2 is 2.36 bits per heavy atom. The molecule has 2 rings (SSSR count). The number of aromatic hydroxyl groups is 1. The molecule has 74 valence electrons. The molecule has 1 atom stereocenters. The maximum atomic E-state index is 11.4. The van der Waals surface area contributed by atoms with Crippen LogP contribution in [0.4, 0.5) is 5.69 Å². The van der Waals surface area contributed by atoms with E-state index in [2.05, 4.69) is 5.32 Å². The highest BCUT2D eigenvalue weighted by Crippen LogP contribution is 2.36. The minimum atomic E-state index is -0.207. The number of anilines is 1. The normalized spacial score (nSPS) is 20.4. The van der Waals surface area contributed by atoms with Gasteiger partial charge in [-0.15, -0.1) is 0 Å². The Bertz CT molecular complexity index is 376. The third kappa shape index (κ3) is 1.39. The molecule has 1 aliphatic heterocycles. The summed E-state index contributed by atoms with van der Waals surface area (Å²) in [6.07, 6.45) is 0. The second kappa shape index (κ2) is 3.21. The Labute approximate surface area is 81.5 Å². The van der Waals surface area contributed by atoms with Crippen molar-refractivity contribution in [2.45, 2.75) is 6.92 Å². The second-order valence-electron chi connectivity index (χ2n) is 3.36. The number of fused-ring (bicyclic) bond motifs is 1. The summed E-state index contributed by atoms with van der Waals surface area (Å²) in [6.45, 7) is 2.06. The monoisotopic (exact) mass is 193 g/mol. The zero-order valence-corrected chi connectivity index (χ0v) is 7.78. The number of rotatable bonds is 0. The highest BCUT2D eigenvalue weighted by atomic mass is 16.5. The molecule has 0 spiro atoms. The van der Waals surface area contributed by atoms with Gasteiger partial charge in [-0.3, -0.25) is 4.79 Å². The Kier molecular flexibility index (Phi) is 2.04. The van der Waals surface area contributed by atoms with Crippen molar-refractivity contribution >= 4 is 11.6 Å². The third-order valence-corrected chi connectivity index (χ3v) is 2.18. The van der Waals surface area contributed by atoms with Crippen LogP contribution < -0.4 is 10.1 Å². The zero-order valence-electron chi connectivity index (χ0n) is 7.78. The predicted octanol–water partition coefficient (Wildman–Crippen LogP) is 1.36. The number of nitrogens with one attached hydrogen (secondary N) is 1. The second-order valence-corrected chi connectivity index (χ2v) is 3.36. The number of amides is 1. The lowest BCUT2D eigenvalue weighted by Gasteiger charge is -2.07. The van der Waals surface area contributed by atoms with Crippen molar-refractivity contribution in [2.24, 2.45) is 5.92 Å². The van der Waals surface area contributed by atoms with Crippen LogP contribution in [-0.4, -0.2) is 17.6 Å². The predicted molar refractivity (Wildman–Crippen MR) is 51.4 cm³/mol. The van der Waals surface area contributed by atoms with E-state index >= 15 is 0 Å². The molecule has 0 fully saturated rings. The van der Waals surface area contributed by atoms with Crippen molar-refractivity contribution in [1.29, 1.82) is 0 Å². The molecule has 0 saturated carbocycles. The number of hydrogen-bond acceptors (Lipinski definition) is 3. The van der Waals surface area contributed by atoms with Crippen LogP contribution in [0.25, 0.3) is 0 Å². The topological polar surface area (TPSA) is 58.6 Å². The van der Waals surface area contributed by atoms with E-state index in [0.29, 0.717) is 11.4 Å². The first kappa shape index (κ1) is 8.87. The fourth-order valence-corrected chi connectivity index (χ4v) is 1.31. The van der Waals surface area contributed by atoms with Crippen molar-refractivity contribution in [2.75, 3.05) is 11.9 Å². The van der Waals surface area contributed by atoms with Gasteiger partial charge in [0.1, 0.15) is 0 Å². The largest absolute Gasteiger partial charge is 0.504 e. The van der Waals surface area contributed by atoms with Crippen molar-refractivity contribution < 1.29 is 14.6 Å². The highest BCUT2D eigenvalue weighted by Gasteiger charge is 2.22. The molecule has 1 heterocycles. The van der Waals surface area contributed by atoms with Crippen molar-refractivity contribution in [3.05, 3.63) is 18.2 Å². The number of para-hydroxylation sites is 1. The van der Waals surface area contributed by atoms with E-state index in [0.717, 1.165) is 0 Å². The van der Waals surface area contributed by atoms with Gasteiger partial charge in [-0.25, -0.2) is 0 Å². The molecule has 0 bridgehead atoms. The minimum Gasteiger partial charge on any atom is -0.504 e. The first-order valence-corrected chi connectivity index (χ1v) is 4.44. The fraction of sp³-hybridized carbons (Fsp3) is 0.300. The summed E-state index contributed by atoms with van der Waals surface area (Å²) in [5, 5.41) is 12.2. The van der Waals surface area contributed by atoms with Gasteiger partial charge in [0.15, 0.2) is 11.5 Å². The molecule has 0 radical (unpaired) electrons. The standard InChI is InChI=1S/C10H11NO3/c1-6-5-14-9-7(11-10(6)13)3-2-4-8(9)12/h2-4,6,12H,5H2,1H3,(H,11,13). The Morgan fingerprint density at radius 1 is 1.57 bits per heavy atom. The van der Waals surface area contributed by atoms with E-state index < -0.39 is 0 Å². The summed E-state index contributed by atoms with van der Waals surface area (Å²) in [5.41, 5.74) is 0.527. The molecule has 0 saturated heterocycles. The van der Waals surface area contributed by atoms with Gasteiger partial charge in [0.05, 0.1) is 18.2 Å². The van der Waals surface area contributed by atoms with Crippen LogP contribution in [0.3, 0.4) is 0 Å². The van der Waals surface area contributed by atoms with Crippen molar-refractivity contribution in [3.8, 4) is 11.5 Å². The van der Waals surface area contributed by atoms with E-state index in [1.165, 1.54) is 6.07 Å². The summed E-state index contributed by atoms with van der Waals surface area (Å²) in [7, 11) is 0. The molecule has 4 heteroatoms. The summed E-state index contributed by atoms with van der Waals surface area (Å²) >= 11 is 0. The Balaban J connectivity index is 2.42. The summed E-state index contributed by atoms with van der Waals surface area (Å²) < 4.78 is 5.33. The number of ether oxygens (including phenoxy) is 1. The van der Waals surface area contributed by atoms with Crippen LogP contribution in [0.15, 0.2) is 18.2 Å². The molecule has 1 amide bonds. The van der Waals surface area contributed by atoms with Crippen LogP contribution in [0.1, 0.15) is 6.92 Å². The number of benzene rings is 1. The number of carbonyl (C=O) groups is 1. The quantitative estimate of drug-likeness (QED) is 0.654. The Morgan fingerprint density at radius 3 is 3.14 bits per heavy atom. The number of hydrogen-bond donors (Lipinski definition) is 2. The SMILES string of the molecule is CC1COc2c(O)cccc2NC1=O. The van der Waals surface area contributed by atoms with Crippen LogP contribution in [0, 0.1) is 5.92 Å². The van der Waals surface area contributed by atoms with Gasteiger partial charge in [-0.1, -0.05) is 13.0 Å². The van der Waals surface area contributed by atoms with Crippen molar-refractivity contribution in [3.63, 3.8) is 0 Å². The smallest absolute Gasteiger partial charge is 0.230 e. The molecule has 1 aromatic carbocycles. The van der Waals surface area contributed by atoms with E-state index in [9.17, 15) is 9.90 Å². The first-order valence-electron chi connectivity index (χ1n) is 4.44. The molecule has 4 nitrogen and oxygen atoms in total. The van der Waals surface area contributed by atoms with Gasteiger partial charge >= 0.3 is 0 Å². The maximum Gasteiger partial charge on any atom is 0.230 e. The van der Waals surface area contributed by atoms with Crippen LogP contribution in [0.2, 0.25) is 0 Å². The molecule has 1 unspecified atom stereocenters. The average Bonchev–Trinajstić information content (AvgIpc) is 2.29. The minimum absolute atomic E-state index is 0.0527. The summed E-state index contributed by atoms with van der Waals surface area (Å²) in [6, 6.07) is 4.89. The van der Waals surface area contributed by atoms with E-state index in [-0.39, 0.29) is 24.2 Å². The van der Waals surface area contributed by atoms with E-state index in [4.69, 9.17) is 4.74 Å². The number of phenols is 1. The van der Waals surface area contributed by atoms with Gasteiger partial charge < -0.3 is 15.2 Å². The molecule has 1 aromatic rings. The lowest BCUT2D eigenvalue weighted by atomic mass is 10.2. The maximum absolute atomic E-state index is 11.4. The van der Waals surface area contributed by atoms with Crippen LogP contribution >= 0.6 is 0 Å². The zero-order chi connectivity index (χ0) is 10.1. The van der Waals surface area contributed by atoms with Gasteiger partial charge in [-0.05, 0) is 12.1 Å². The summed E-state index contributed by atoms with van der Waals surface area (Å²) in [5.74, 6) is 0.109. The summed E-state index contributed by atoms with van der Waals surface area (Å²) in [4.78, 5) is 11.4. The number of phenolic OH excluding ortho intramolecular Hbond substituents is 1. The fourth-order valence-electron chi connectivity index (χ4n) is 1.31. The molecule has 0 aliphatic carbocycles. The average molecular weight is 193 g/mol. The highest BCUT2D eigenvalue weighted by molar-refractivity contribution is 5.95. The van der Waals surface area contributed by atoms with Crippen LogP contribution in [0.5, 0.6) is 11.5 Å². The lowest BCUT2D eigenvalue weighted by Crippen LogP contribution is -2.21. The van der Waals surface area contributed by atoms with Gasteiger partial charge in [0.25, 0.3) is 0 Å². The first-order chi connectivity index (χ1) is 6.68. The van der Waals surface area contributed by atoms with Gasteiger partial charge in [0, 0.05) is 0 Å². The molecular weight excluding hydrogens is 182 g/mol. The Hall–Kier alpha value is -1.71. The molecular formula is C10H11NO3. The molecule has 2 N–H and O–H groups in total. The van der Waals surface area contributed by atoms with Gasteiger partial charge in [0.2, 0.25) is 5.91 Å². The third-order valence-electron chi connectivity index (χ3n) is 2.18. The molecule has 1 aliphatic rings. The lowest BCUT2D eigenvalue weighted by molar-refractivity contribution is -0.119. The van der Waals surface area contributed by atoms with E-state index in [1.807, 2.05) is 0 Å². The van der Waals surface area contributed by atoms with Crippen molar-refractivity contribution in [1.82, 2.24) is 0 Å². The van der Waals surface area contributed by atoms with Crippen LogP contribution in [-0.2, 0) is 4.79 Å².